The van der Waals surface area contributed by atoms with E-state index in [1.54, 1.807) is 6.92 Å². The van der Waals surface area contributed by atoms with E-state index in [0.29, 0.717) is 0 Å². The highest BCUT2D eigenvalue weighted by Gasteiger charge is 2.59. The highest BCUT2D eigenvalue weighted by Crippen LogP contribution is 2.39. The number of hydrogen-bond acceptors (Lipinski definition) is 13. The van der Waals surface area contributed by atoms with Crippen LogP contribution in [0.3, 0.4) is 0 Å². The average Bonchev–Trinajstić information content (AvgIpc) is 3.07. The molecule has 2 heterocycles. The van der Waals surface area contributed by atoms with Crippen molar-refractivity contribution in [3.63, 3.8) is 0 Å². The first-order valence-corrected chi connectivity index (χ1v) is 11.7. The first-order chi connectivity index (χ1) is 16.8. The predicted octanol–water partition coefficient (Wildman–Crippen LogP) is 0.619. The second-order valence-corrected chi connectivity index (χ2v) is 8.67. The van der Waals surface area contributed by atoms with Crippen LogP contribution in [-0.4, -0.2) is 91.5 Å². The Balaban J connectivity index is 2.47. The van der Waals surface area contributed by atoms with Crippen LogP contribution in [0.5, 0.6) is 0 Å². The second-order valence-electron chi connectivity index (χ2n) is 8.40. The minimum atomic E-state index is -1.91. The smallest absolute Gasteiger partial charge is 0.303 e. The molecule has 0 bridgehead atoms. The van der Waals surface area contributed by atoms with Crippen LogP contribution >= 0.6 is 11.6 Å². The summed E-state index contributed by atoms with van der Waals surface area (Å²) in [6.45, 7) is 6.99. The van der Waals surface area contributed by atoms with Crippen LogP contribution in [0.2, 0.25) is 0 Å². The lowest BCUT2D eigenvalue weighted by molar-refractivity contribution is -0.364. The summed E-state index contributed by atoms with van der Waals surface area (Å²) in [4.78, 5) is 58.6. The first-order valence-electron chi connectivity index (χ1n) is 11.1. The fourth-order valence-corrected chi connectivity index (χ4v) is 4.27. The van der Waals surface area contributed by atoms with Crippen molar-refractivity contribution in [2.45, 2.75) is 84.1 Å². The number of alkyl halides is 1. The molecule has 13 nitrogen and oxygen atoms in total. The highest BCUT2D eigenvalue weighted by atomic mass is 35.5. The van der Waals surface area contributed by atoms with Crippen LogP contribution in [0.15, 0.2) is 0 Å². The van der Waals surface area contributed by atoms with E-state index in [4.69, 9.17) is 49.5 Å². The van der Waals surface area contributed by atoms with Crippen molar-refractivity contribution in [1.29, 1.82) is 0 Å². The molecule has 0 radical (unpaired) electrons. The van der Waals surface area contributed by atoms with Gasteiger partial charge in [-0.2, -0.15) is 0 Å². The predicted molar refractivity (Wildman–Crippen MR) is 117 cm³/mol. The number of carbonyl (C=O) groups is 5. The van der Waals surface area contributed by atoms with Gasteiger partial charge in [0.2, 0.25) is 12.1 Å². The Morgan fingerprint density at radius 2 is 1.39 bits per heavy atom. The Kier molecular flexibility index (Phi) is 10.5. The number of halogens is 1. The summed E-state index contributed by atoms with van der Waals surface area (Å²) in [6, 6.07) is 0. The van der Waals surface area contributed by atoms with Gasteiger partial charge in [0.1, 0.15) is 18.8 Å². The largest absolute Gasteiger partial charge is 0.463 e. The molecule has 0 aromatic rings. The van der Waals surface area contributed by atoms with Crippen LogP contribution in [-0.2, 0) is 61.9 Å². The summed E-state index contributed by atoms with van der Waals surface area (Å²) in [7, 11) is 0. The van der Waals surface area contributed by atoms with Gasteiger partial charge in [0, 0.05) is 40.5 Å². The molecule has 0 N–H and O–H groups in total. The molecular weight excluding hydrogens is 508 g/mol. The van der Waals surface area contributed by atoms with Crippen LogP contribution in [0.25, 0.3) is 0 Å². The third-order valence-electron chi connectivity index (χ3n) is 5.44. The van der Waals surface area contributed by atoms with Crippen molar-refractivity contribution < 1.29 is 61.9 Å². The van der Waals surface area contributed by atoms with Gasteiger partial charge in [-0.25, -0.2) is 0 Å². The van der Waals surface area contributed by atoms with Crippen LogP contribution < -0.4 is 0 Å². The summed E-state index contributed by atoms with van der Waals surface area (Å²) in [5.41, 5.74) is 0. The lowest BCUT2D eigenvalue weighted by Crippen LogP contribution is -2.62. The number of rotatable bonds is 9. The van der Waals surface area contributed by atoms with Crippen molar-refractivity contribution in [3.8, 4) is 0 Å². The van der Waals surface area contributed by atoms with Crippen molar-refractivity contribution in [2.75, 3.05) is 19.1 Å². The van der Waals surface area contributed by atoms with Crippen LogP contribution in [0.4, 0.5) is 0 Å². The summed E-state index contributed by atoms with van der Waals surface area (Å²) in [5, 5.41) is 0. The zero-order valence-corrected chi connectivity index (χ0v) is 21.6. The maximum Gasteiger partial charge on any atom is 0.303 e. The zero-order chi connectivity index (χ0) is 27.2. The number of ether oxygens (including phenoxy) is 8. The summed E-state index contributed by atoms with van der Waals surface area (Å²) < 4.78 is 44.2. The van der Waals surface area contributed by atoms with E-state index < -0.39 is 84.2 Å². The van der Waals surface area contributed by atoms with Gasteiger partial charge in [-0.05, 0) is 0 Å². The fraction of sp³-hybridized carbons (Fsp3) is 0.773. The molecule has 2 fully saturated rings. The maximum atomic E-state index is 11.9. The third-order valence-corrected chi connectivity index (χ3v) is 5.81. The normalized spacial score (nSPS) is 33.8. The van der Waals surface area contributed by atoms with Crippen LogP contribution in [0.1, 0.15) is 41.5 Å². The highest BCUT2D eigenvalue weighted by molar-refractivity contribution is 6.18. The van der Waals surface area contributed by atoms with Gasteiger partial charge in [-0.3, -0.25) is 24.0 Å². The van der Waals surface area contributed by atoms with Crippen LogP contribution in [0, 0.1) is 5.92 Å². The van der Waals surface area contributed by atoms with E-state index in [1.807, 2.05) is 0 Å². The molecule has 0 aliphatic carbocycles. The molecule has 2 rings (SSSR count). The summed E-state index contributed by atoms with van der Waals surface area (Å²) in [6.07, 6.45) is -7.17. The average molecular weight is 539 g/mol. The van der Waals surface area contributed by atoms with Gasteiger partial charge < -0.3 is 37.9 Å². The molecule has 14 heteroatoms. The summed E-state index contributed by atoms with van der Waals surface area (Å²) >= 11 is 6.21. The van der Waals surface area contributed by atoms with Gasteiger partial charge in [0.15, 0.2) is 18.3 Å². The molecule has 8 atom stereocenters. The minimum Gasteiger partial charge on any atom is -0.463 e. The van der Waals surface area contributed by atoms with Gasteiger partial charge in [0.25, 0.3) is 0 Å². The lowest BCUT2D eigenvalue weighted by atomic mass is 9.90. The quantitative estimate of drug-likeness (QED) is 0.228. The van der Waals surface area contributed by atoms with Crippen molar-refractivity contribution in [3.05, 3.63) is 0 Å². The molecule has 2 saturated heterocycles. The molecule has 0 aromatic heterocycles. The third kappa shape index (κ3) is 7.51. The zero-order valence-electron chi connectivity index (χ0n) is 20.8. The molecule has 2 aliphatic heterocycles. The van der Waals surface area contributed by atoms with E-state index in [0.717, 1.165) is 20.8 Å². The van der Waals surface area contributed by atoms with Gasteiger partial charge in [-0.15, -0.1) is 11.6 Å². The Morgan fingerprint density at radius 1 is 0.833 bits per heavy atom. The minimum absolute atomic E-state index is 0.237. The molecule has 0 unspecified atom stereocenters. The molecule has 0 amide bonds. The molecule has 0 aromatic carbocycles. The van der Waals surface area contributed by atoms with E-state index in [-0.39, 0.29) is 13.2 Å². The molecule has 204 valence electrons. The molecule has 0 spiro atoms. The molecule has 0 saturated carbocycles. The summed E-state index contributed by atoms with van der Waals surface area (Å²) in [5.74, 6) is -6.35. The van der Waals surface area contributed by atoms with E-state index in [1.165, 1.54) is 13.8 Å². The first kappa shape index (κ1) is 29.7. The Bertz CT molecular complexity index is 848. The van der Waals surface area contributed by atoms with E-state index in [9.17, 15) is 24.0 Å². The second kappa shape index (κ2) is 12.7. The van der Waals surface area contributed by atoms with Gasteiger partial charge in [0.05, 0.1) is 12.5 Å². The number of hydrogen-bond donors (Lipinski definition) is 0. The molecule has 36 heavy (non-hydrogen) atoms. The number of esters is 5. The Morgan fingerprint density at radius 3 is 1.89 bits per heavy atom. The number of carbonyl (C=O) groups excluding carboxylic acids is 5. The maximum absolute atomic E-state index is 11.9. The topological polar surface area (TPSA) is 159 Å². The Hall–Kier alpha value is -2.48. The van der Waals surface area contributed by atoms with Crippen molar-refractivity contribution >= 4 is 41.4 Å². The monoisotopic (exact) mass is 538 g/mol. The standard InChI is InChI=1S/C22H31ClO13/c1-10-16(7-29-11(2)24)35-21(19(33-14(5)27)18(10)32-13(4)26)36-22(9-23)20(34-15(6)28)17(8-30-22)31-12(3)25/h10,16-21H,7-9H2,1-6H3/t10-,16+,17+,18-,19+,20-,21+,22-/m0/s1. The van der Waals surface area contributed by atoms with E-state index in [2.05, 4.69) is 0 Å². The molecular formula is C22H31ClO13. The lowest BCUT2D eigenvalue weighted by Gasteiger charge is -2.46. The Labute approximate surface area is 212 Å². The SMILES string of the molecule is CC(=O)OC[C@H]1O[C@H](O[C@]2(CCl)OC[C@@H](OC(C)=O)[C@@H]2OC(C)=O)[C@H](OC(C)=O)[C@@H](OC(C)=O)[C@H]1C. The van der Waals surface area contributed by atoms with Gasteiger partial charge >= 0.3 is 29.8 Å². The van der Waals surface area contributed by atoms with Gasteiger partial charge in [-0.1, -0.05) is 6.92 Å². The van der Waals surface area contributed by atoms with Crippen molar-refractivity contribution in [2.24, 2.45) is 5.92 Å². The molecule has 2 aliphatic rings. The fourth-order valence-electron chi connectivity index (χ4n) is 3.98. The van der Waals surface area contributed by atoms with E-state index >= 15 is 0 Å². The van der Waals surface area contributed by atoms with Crippen molar-refractivity contribution in [1.82, 2.24) is 0 Å².